The van der Waals surface area contributed by atoms with Crippen LogP contribution < -0.4 is 10.4 Å². The smallest absolute Gasteiger partial charge is 0.261 e. The van der Waals surface area contributed by atoms with Crippen LogP contribution in [0, 0.1) is 0 Å². The average Bonchev–Trinajstić information content (AvgIpc) is 2.76. The van der Waals surface area contributed by atoms with Crippen molar-refractivity contribution in [2.75, 3.05) is 17.6 Å². The summed E-state index contributed by atoms with van der Waals surface area (Å²) in [6.45, 7) is 22.1. The zero-order valence-corrected chi connectivity index (χ0v) is 27.0. The topological polar surface area (TPSA) is 18.5 Å². The van der Waals surface area contributed by atoms with Gasteiger partial charge in [0.15, 0.2) is 8.32 Å². The molecule has 0 saturated heterocycles. The molecule has 0 bridgehead atoms. The van der Waals surface area contributed by atoms with Crippen molar-refractivity contribution < 1.29 is 8.85 Å². The number of hydrogen-bond acceptors (Lipinski definition) is 2. The molecule has 2 rings (SSSR count). The molecule has 5 heteroatoms. The number of benzene rings is 2. The zero-order chi connectivity index (χ0) is 25.6. The lowest BCUT2D eigenvalue weighted by molar-refractivity contribution is 0.274. The number of alkyl halides is 1. The summed E-state index contributed by atoms with van der Waals surface area (Å²) in [5, 5.41) is 2.81. The first-order chi connectivity index (χ1) is 15.8. The third kappa shape index (κ3) is 6.93. The summed E-state index contributed by atoms with van der Waals surface area (Å²) in [6, 6.07) is 21.8. The summed E-state index contributed by atoms with van der Waals surface area (Å²) in [7, 11) is -4.43. The third-order valence-electron chi connectivity index (χ3n) is 7.37. The van der Waals surface area contributed by atoms with Gasteiger partial charge in [0.1, 0.15) is 0 Å². The lowest BCUT2D eigenvalue weighted by Gasteiger charge is -2.43. The van der Waals surface area contributed by atoms with Crippen molar-refractivity contribution in [3.05, 3.63) is 71.8 Å². The summed E-state index contributed by atoms with van der Waals surface area (Å²) in [5.74, 6) is 0. The van der Waals surface area contributed by atoms with Gasteiger partial charge in [0.25, 0.3) is 8.32 Å². The second-order valence-corrected chi connectivity index (χ2v) is 22.0. The first-order valence-corrected chi connectivity index (χ1v) is 18.7. The minimum atomic E-state index is -2.57. The first kappa shape index (κ1) is 29.5. The van der Waals surface area contributed by atoms with Crippen LogP contribution >= 0.6 is 22.6 Å². The second kappa shape index (κ2) is 12.0. The van der Waals surface area contributed by atoms with Crippen molar-refractivity contribution >= 4 is 49.6 Å². The van der Waals surface area contributed by atoms with E-state index >= 15 is 0 Å². The highest BCUT2D eigenvalue weighted by molar-refractivity contribution is 14.1. The predicted molar refractivity (Wildman–Crippen MR) is 163 cm³/mol. The molecule has 2 aromatic rings. The van der Waals surface area contributed by atoms with Gasteiger partial charge in [-0.1, -0.05) is 130 Å². The maximum Gasteiger partial charge on any atom is 0.261 e. The van der Waals surface area contributed by atoms with E-state index in [1.807, 2.05) is 0 Å². The SMILES string of the molecule is C/C(CCI)=C(/CO[Si](C)(C)C(C)(C)C)CO[Si](c1ccccc1)(c1ccccc1)C(C)(C)C. The molecule has 0 aliphatic rings. The molecular weight excluding hydrogens is 563 g/mol. The summed E-state index contributed by atoms with van der Waals surface area (Å²) < 4.78 is 15.1. The van der Waals surface area contributed by atoms with Crippen molar-refractivity contribution in [1.82, 2.24) is 0 Å². The van der Waals surface area contributed by atoms with Crippen LogP contribution in [-0.2, 0) is 8.85 Å². The van der Waals surface area contributed by atoms with E-state index in [1.165, 1.54) is 21.5 Å². The molecule has 34 heavy (non-hydrogen) atoms. The third-order valence-corrected chi connectivity index (χ3v) is 17.4. The molecule has 0 spiro atoms. The molecule has 0 amide bonds. The van der Waals surface area contributed by atoms with E-state index in [2.05, 4.69) is 145 Å². The van der Waals surface area contributed by atoms with Crippen molar-refractivity contribution in [2.24, 2.45) is 0 Å². The van der Waals surface area contributed by atoms with Crippen LogP contribution in [-0.4, -0.2) is 34.3 Å². The quantitative estimate of drug-likeness (QED) is 0.119. The van der Waals surface area contributed by atoms with Gasteiger partial charge in [-0.05, 0) is 52.5 Å². The van der Waals surface area contributed by atoms with E-state index in [1.54, 1.807) is 0 Å². The minimum absolute atomic E-state index is 0.0295. The molecule has 0 aliphatic heterocycles. The lowest BCUT2D eigenvalue weighted by atomic mass is 10.1. The zero-order valence-electron chi connectivity index (χ0n) is 22.8. The van der Waals surface area contributed by atoms with E-state index < -0.39 is 16.6 Å². The van der Waals surface area contributed by atoms with E-state index in [0.717, 1.165) is 10.8 Å². The average molecular weight is 609 g/mol. The molecule has 0 fully saturated rings. The van der Waals surface area contributed by atoms with Gasteiger partial charge in [-0.25, -0.2) is 0 Å². The van der Waals surface area contributed by atoms with Crippen molar-refractivity contribution in [3.8, 4) is 0 Å². The lowest BCUT2D eigenvalue weighted by Crippen LogP contribution is -2.66. The van der Waals surface area contributed by atoms with E-state index in [4.69, 9.17) is 8.85 Å². The first-order valence-electron chi connectivity index (χ1n) is 12.4. The summed E-state index contributed by atoms with van der Waals surface area (Å²) in [5.41, 5.74) is 2.72. The van der Waals surface area contributed by atoms with Crippen LogP contribution in [0.2, 0.25) is 23.2 Å². The van der Waals surface area contributed by atoms with Gasteiger partial charge in [0, 0.05) is 4.43 Å². The summed E-state index contributed by atoms with van der Waals surface area (Å²) >= 11 is 2.47. The van der Waals surface area contributed by atoms with Crippen LogP contribution in [0.3, 0.4) is 0 Å². The Morgan fingerprint density at radius 2 is 1.18 bits per heavy atom. The highest BCUT2D eigenvalue weighted by Gasteiger charge is 2.50. The number of hydrogen-bond donors (Lipinski definition) is 0. The number of rotatable bonds is 10. The molecule has 2 nitrogen and oxygen atoms in total. The second-order valence-electron chi connectivity index (χ2n) is 11.8. The molecule has 0 aromatic heterocycles. The Balaban J connectivity index is 2.51. The van der Waals surface area contributed by atoms with Crippen LogP contribution in [0.5, 0.6) is 0 Å². The van der Waals surface area contributed by atoms with Crippen molar-refractivity contribution in [3.63, 3.8) is 0 Å². The molecule has 2 aromatic carbocycles. The van der Waals surface area contributed by atoms with Gasteiger partial charge in [-0.2, -0.15) is 0 Å². The fraction of sp³-hybridized carbons (Fsp3) is 0.517. The van der Waals surface area contributed by atoms with Crippen LogP contribution in [0.25, 0.3) is 0 Å². The van der Waals surface area contributed by atoms with E-state index in [9.17, 15) is 0 Å². The maximum atomic E-state index is 7.26. The molecular formula is C29H45IO2Si2. The van der Waals surface area contributed by atoms with Gasteiger partial charge in [-0.15, -0.1) is 0 Å². The monoisotopic (exact) mass is 608 g/mol. The molecule has 0 unspecified atom stereocenters. The Labute approximate surface area is 225 Å². The van der Waals surface area contributed by atoms with E-state index in [-0.39, 0.29) is 10.1 Å². The van der Waals surface area contributed by atoms with Gasteiger partial charge >= 0.3 is 0 Å². The Morgan fingerprint density at radius 1 is 0.735 bits per heavy atom. The van der Waals surface area contributed by atoms with Crippen molar-refractivity contribution in [1.29, 1.82) is 0 Å². The molecule has 0 saturated carbocycles. The standard InChI is InChI=1S/C29H45IO2Si2/c1-24(20-21-30)25(22-31-33(8,9)28(2,3)4)23-32-34(29(5,6)7,26-16-12-10-13-17-26)27-18-14-11-15-19-27/h10-19H,20-23H2,1-9H3/b25-24+. The van der Waals surface area contributed by atoms with Gasteiger partial charge < -0.3 is 8.85 Å². The molecule has 188 valence electrons. The largest absolute Gasteiger partial charge is 0.413 e. The van der Waals surface area contributed by atoms with Crippen molar-refractivity contribution in [2.45, 2.75) is 78.1 Å². The van der Waals surface area contributed by atoms with Gasteiger partial charge in [0.05, 0.1) is 13.2 Å². The Hall–Kier alpha value is -0.736. The summed E-state index contributed by atoms with van der Waals surface area (Å²) in [4.78, 5) is 0. The Morgan fingerprint density at radius 3 is 1.56 bits per heavy atom. The van der Waals surface area contributed by atoms with Crippen LogP contribution in [0.1, 0.15) is 54.9 Å². The number of allylic oxidation sites excluding steroid dienone is 1. The normalized spacial score (nSPS) is 14.2. The minimum Gasteiger partial charge on any atom is -0.413 e. The Kier molecular flexibility index (Phi) is 10.4. The molecule has 0 atom stereocenters. The van der Waals surface area contributed by atoms with Gasteiger partial charge in [-0.3, -0.25) is 0 Å². The van der Waals surface area contributed by atoms with Crippen LogP contribution in [0.15, 0.2) is 71.8 Å². The fourth-order valence-electron chi connectivity index (χ4n) is 4.05. The highest BCUT2D eigenvalue weighted by Crippen LogP contribution is 2.38. The molecule has 0 radical (unpaired) electrons. The number of halogens is 1. The van der Waals surface area contributed by atoms with E-state index in [0.29, 0.717) is 13.2 Å². The maximum absolute atomic E-state index is 7.26. The predicted octanol–water partition coefficient (Wildman–Crippen LogP) is 7.73. The highest BCUT2D eigenvalue weighted by atomic mass is 127. The summed E-state index contributed by atoms with van der Waals surface area (Å²) in [6.07, 6.45) is 1.07. The molecule has 0 aliphatic carbocycles. The van der Waals surface area contributed by atoms with Crippen LogP contribution in [0.4, 0.5) is 0 Å². The molecule has 0 heterocycles. The van der Waals surface area contributed by atoms with Gasteiger partial charge in [0.2, 0.25) is 0 Å². The molecule has 0 N–H and O–H groups in total. The fourth-order valence-corrected chi connectivity index (χ4v) is 10.4. The Bertz CT molecular complexity index is 887.